The minimum atomic E-state index is -3.51. The van der Waals surface area contributed by atoms with Crippen molar-refractivity contribution in [3.8, 4) is 0 Å². The van der Waals surface area contributed by atoms with Crippen LogP contribution < -0.4 is 10.6 Å². The number of hydrogen-bond donors (Lipinski definition) is 2. The minimum absolute atomic E-state index is 0.0316. The quantitative estimate of drug-likeness (QED) is 0.673. The van der Waals surface area contributed by atoms with Crippen LogP contribution in [0.4, 0.5) is 4.39 Å². The Morgan fingerprint density at radius 1 is 1.12 bits per heavy atom. The Balaban J connectivity index is 2.35. The van der Waals surface area contributed by atoms with Gasteiger partial charge in [0, 0.05) is 13.1 Å². The lowest BCUT2D eigenvalue weighted by molar-refractivity contribution is -0.122. The number of hydrogen-bond acceptors (Lipinski definition) is 4. The number of rotatable bonds is 8. The molecule has 0 saturated carbocycles. The summed E-state index contributed by atoms with van der Waals surface area (Å²) in [7, 11) is -3.51. The first-order chi connectivity index (χ1) is 11.1. The van der Waals surface area contributed by atoms with Gasteiger partial charge in [-0.05, 0) is 38.5 Å². The van der Waals surface area contributed by atoms with E-state index in [-0.39, 0.29) is 25.4 Å². The Morgan fingerprint density at radius 3 is 2.33 bits per heavy atom. The van der Waals surface area contributed by atoms with Crippen LogP contribution >= 0.6 is 0 Å². The van der Waals surface area contributed by atoms with Crippen molar-refractivity contribution in [1.29, 1.82) is 0 Å². The van der Waals surface area contributed by atoms with Crippen molar-refractivity contribution in [2.75, 3.05) is 13.1 Å². The summed E-state index contributed by atoms with van der Waals surface area (Å²) in [5.74, 6) is -1.31. The van der Waals surface area contributed by atoms with E-state index in [9.17, 15) is 22.4 Å². The fourth-order valence-electron chi connectivity index (χ4n) is 1.98. The number of benzene rings is 1. The number of halogens is 1. The average Bonchev–Trinajstić information content (AvgIpc) is 2.50. The molecule has 0 fully saturated rings. The van der Waals surface area contributed by atoms with Gasteiger partial charge in [0.1, 0.15) is 11.1 Å². The third-order valence-corrected chi connectivity index (χ3v) is 6.03. The highest BCUT2D eigenvalue weighted by Gasteiger charge is 2.30. The summed E-state index contributed by atoms with van der Waals surface area (Å²) < 4.78 is 36.8. The van der Waals surface area contributed by atoms with Crippen molar-refractivity contribution in [3.05, 3.63) is 35.6 Å². The van der Waals surface area contributed by atoms with Crippen LogP contribution in [0.3, 0.4) is 0 Å². The largest absolute Gasteiger partial charge is 0.354 e. The molecule has 0 aromatic heterocycles. The molecule has 0 aliphatic rings. The number of sulfone groups is 1. The topological polar surface area (TPSA) is 92.3 Å². The summed E-state index contributed by atoms with van der Waals surface area (Å²) in [6.45, 7) is 4.66. The zero-order chi connectivity index (χ0) is 18.3. The molecule has 1 aromatic rings. The smallest absolute Gasteiger partial charge is 0.238 e. The van der Waals surface area contributed by atoms with E-state index in [2.05, 4.69) is 10.6 Å². The Morgan fingerprint density at radius 2 is 1.75 bits per heavy atom. The minimum Gasteiger partial charge on any atom is -0.354 e. The normalized spacial score (nSPS) is 12.7. The van der Waals surface area contributed by atoms with Crippen molar-refractivity contribution in [3.63, 3.8) is 0 Å². The lowest BCUT2D eigenvalue weighted by Gasteiger charge is -2.15. The van der Waals surface area contributed by atoms with Crippen molar-refractivity contribution >= 4 is 21.7 Å². The lowest BCUT2D eigenvalue weighted by atomic mass is 10.1. The number of nitrogens with one attached hydrogen (secondary N) is 2. The van der Waals surface area contributed by atoms with Gasteiger partial charge in [-0.3, -0.25) is 9.59 Å². The van der Waals surface area contributed by atoms with E-state index in [0.29, 0.717) is 5.56 Å². The van der Waals surface area contributed by atoms with E-state index in [1.165, 1.54) is 39.0 Å². The van der Waals surface area contributed by atoms with Crippen molar-refractivity contribution in [2.24, 2.45) is 0 Å². The highest BCUT2D eigenvalue weighted by atomic mass is 32.2. The van der Waals surface area contributed by atoms with Crippen LogP contribution in [0.2, 0.25) is 0 Å². The Bertz CT molecular complexity index is 689. The second-order valence-corrected chi connectivity index (χ2v) is 8.56. The zero-order valence-electron chi connectivity index (χ0n) is 14.0. The number of amides is 2. The van der Waals surface area contributed by atoms with Crippen LogP contribution in [0.5, 0.6) is 0 Å². The van der Waals surface area contributed by atoms with Gasteiger partial charge in [-0.2, -0.15) is 0 Å². The van der Waals surface area contributed by atoms with Gasteiger partial charge < -0.3 is 10.6 Å². The molecule has 0 radical (unpaired) electrons. The van der Waals surface area contributed by atoms with Crippen LogP contribution in [-0.4, -0.2) is 43.8 Å². The Labute approximate surface area is 141 Å². The molecule has 2 N–H and O–H groups in total. The average molecular weight is 358 g/mol. The van der Waals surface area contributed by atoms with Crippen LogP contribution in [0.15, 0.2) is 24.3 Å². The van der Waals surface area contributed by atoms with E-state index >= 15 is 0 Å². The lowest BCUT2D eigenvalue weighted by Crippen LogP contribution is -2.43. The first kappa shape index (κ1) is 20.1. The summed E-state index contributed by atoms with van der Waals surface area (Å²) in [6.07, 6.45) is 0.0316. The molecular formula is C16H23FN2O4S. The Kier molecular flexibility index (Phi) is 7.34. The van der Waals surface area contributed by atoms with Gasteiger partial charge in [0.25, 0.3) is 0 Å². The van der Waals surface area contributed by atoms with Crippen molar-refractivity contribution in [1.82, 2.24) is 10.6 Å². The molecule has 0 aliphatic carbocycles. The summed E-state index contributed by atoms with van der Waals surface area (Å²) in [6, 6.07) is 5.74. The molecule has 1 atom stereocenters. The molecule has 24 heavy (non-hydrogen) atoms. The number of carbonyl (C=O) groups excluding carboxylic acids is 2. The highest BCUT2D eigenvalue weighted by molar-refractivity contribution is 7.93. The Hall–Kier alpha value is -1.96. The maximum absolute atomic E-state index is 13.0. The van der Waals surface area contributed by atoms with E-state index in [1.54, 1.807) is 6.07 Å². The molecule has 1 unspecified atom stereocenters. The first-order valence-electron chi connectivity index (χ1n) is 7.66. The molecule has 2 amide bonds. The van der Waals surface area contributed by atoms with Gasteiger partial charge in [-0.25, -0.2) is 12.8 Å². The van der Waals surface area contributed by atoms with Gasteiger partial charge in [0.2, 0.25) is 11.8 Å². The SMILES string of the molecule is CC(C)S(=O)(=O)C(C)C(=O)NCCNC(=O)Cc1cccc(F)c1. The molecule has 0 bridgehead atoms. The first-order valence-corrected chi connectivity index (χ1v) is 9.27. The molecule has 0 aliphatic heterocycles. The molecule has 134 valence electrons. The fraction of sp³-hybridized carbons (Fsp3) is 0.500. The third kappa shape index (κ3) is 5.92. The van der Waals surface area contributed by atoms with Gasteiger partial charge in [-0.1, -0.05) is 12.1 Å². The number of carbonyl (C=O) groups is 2. The standard InChI is InChI=1S/C16H23FN2O4S/c1-11(2)24(22,23)12(3)16(21)19-8-7-18-15(20)10-13-5-4-6-14(17)9-13/h4-6,9,11-12H,7-8,10H2,1-3H3,(H,18,20)(H,19,21). The van der Waals surface area contributed by atoms with Crippen molar-refractivity contribution < 1.29 is 22.4 Å². The maximum Gasteiger partial charge on any atom is 0.238 e. The molecule has 0 spiro atoms. The van der Waals surface area contributed by atoms with Crippen LogP contribution in [0.1, 0.15) is 26.3 Å². The van der Waals surface area contributed by atoms with Gasteiger partial charge in [0.15, 0.2) is 9.84 Å². The molecule has 1 aromatic carbocycles. The van der Waals surface area contributed by atoms with Crippen LogP contribution in [0, 0.1) is 5.82 Å². The molecule has 6 nitrogen and oxygen atoms in total. The van der Waals surface area contributed by atoms with E-state index in [1.807, 2.05) is 0 Å². The summed E-state index contributed by atoms with van der Waals surface area (Å²) >= 11 is 0. The predicted molar refractivity (Wildman–Crippen MR) is 89.6 cm³/mol. The zero-order valence-corrected chi connectivity index (χ0v) is 14.8. The monoisotopic (exact) mass is 358 g/mol. The molecular weight excluding hydrogens is 335 g/mol. The predicted octanol–water partition coefficient (Wildman–Crippen LogP) is 0.812. The van der Waals surface area contributed by atoms with Gasteiger partial charge >= 0.3 is 0 Å². The summed E-state index contributed by atoms with van der Waals surface area (Å²) in [4.78, 5) is 23.5. The maximum atomic E-state index is 13.0. The second kappa shape index (κ2) is 8.77. The van der Waals surface area contributed by atoms with Crippen LogP contribution in [-0.2, 0) is 25.8 Å². The molecule has 1 rings (SSSR count). The second-order valence-electron chi connectivity index (χ2n) is 5.73. The third-order valence-electron chi connectivity index (χ3n) is 3.52. The van der Waals surface area contributed by atoms with Crippen LogP contribution in [0.25, 0.3) is 0 Å². The van der Waals surface area contributed by atoms with Gasteiger partial charge in [-0.15, -0.1) is 0 Å². The van der Waals surface area contributed by atoms with E-state index < -0.39 is 32.1 Å². The fourth-order valence-corrected chi connectivity index (χ4v) is 3.18. The van der Waals surface area contributed by atoms with E-state index in [0.717, 1.165) is 0 Å². The molecule has 8 heteroatoms. The van der Waals surface area contributed by atoms with Gasteiger partial charge in [0.05, 0.1) is 11.7 Å². The molecule has 0 heterocycles. The highest BCUT2D eigenvalue weighted by Crippen LogP contribution is 2.08. The summed E-state index contributed by atoms with van der Waals surface area (Å²) in [5, 5.41) is 3.29. The van der Waals surface area contributed by atoms with Crippen molar-refractivity contribution in [2.45, 2.75) is 37.7 Å². The molecule has 0 saturated heterocycles. The summed E-state index contributed by atoms with van der Waals surface area (Å²) in [5.41, 5.74) is 0.549. The van der Waals surface area contributed by atoms with E-state index in [4.69, 9.17) is 0 Å².